The number of nitrogens with zero attached hydrogens (tertiary/aromatic N) is 1. The molecule has 0 radical (unpaired) electrons. The predicted octanol–water partition coefficient (Wildman–Crippen LogP) is 5.98. The van der Waals surface area contributed by atoms with Crippen LogP contribution in [0.2, 0.25) is 0 Å². The molecule has 0 saturated carbocycles. The second-order valence-electron chi connectivity index (χ2n) is 5.38. The van der Waals surface area contributed by atoms with E-state index in [0.717, 1.165) is 12.1 Å². The summed E-state index contributed by atoms with van der Waals surface area (Å²) in [5.74, 6) is 1.22. The van der Waals surface area contributed by atoms with Crippen molar-refractivity contribution in [3.63, 3.8) is 0 Å². The first-order valence-corrected chi connectivity index (χ1v) is 9.00. The summed E-state index contributed by atoms with van der Waals surface area (Å²) in [7, 11) is 0. The van der Waals surface area contributed by atoms with Crippen molar-refractivity contribution < 1.29 is 0 Å². The Morgan fingerprint density at radius 2 is 1.71 bits per heavy atom. The Hall–Kier alpha value is -1.28. The fraction of sp³-hybridized carbons (Fsp3) is 0.421. The van der Waals surface area contributed by atoms with E-state index in [9.17, 15) is 0 Å². The minimum absolute atomic E-state index is 1.07. The number of hydrogen-bond acceptors (Lipinski definition) is 2. The molecule has 1 nitrogen and oxygen atoms in total. The van der Waals surface area contributed by atoms with E-state index in [1.165, 1.54) is 47.5 Å². The molecule has 0 spiro atoms. The molecule has 2 aromatic rings. The lowest BCUT2D eigenvalue weighted by molar-refractivity contribution is 0.778. The van der Waals surface area contributed by atoms with Crippen LogP contribution in [0.3, 0.4) is 0 Å². The van der Waals surface area contributed by atoms with Gasteiger partial charge in [-0.05, 0) is 42.4 Å². The van der Waals surface area contributed by atoms with E-state index in [1.54, 1.807) is 0 Å². The zero-order chi connectivity index (χ0) is 14.9. The van der Waals surface area contributed by atoms with Crippen LogP contribution in [0.5, 0.6) is 0 Å². The molecule has 0 fully saturated rings. The van der Waals surface area contributed by atoms with Gasteiger partial charge in [-0.3, -0.25) is 4.98 Å². The van der Waals surface area contributed by atoms with Crippen LogP contribution >= 0.6 is 11.8 Å². The van der Waals surface area contributed by atoms with Gasteiger partial charge in [0.25, 0.3) is 0 Å². The van der Waals surface area contributed by atoms with Crippen molar-refractivity contribution in [3.8, 4) is 11.3 Å². The van der Waals surface area contributed by atoms with Crippen molar-refractivity contribution in [2.45, 2.75) is 50.8 Å². The molecule has 0 atom stereocenters. The highest BCUT2D eigenvalue weighted by molar-refractivity contribution is 7.99. The smallest absolute Gasteiger partial charge is 0.0702 e. The maximum absolute atomic E-state index is 4.58. The van der Waals surface area contributed by atoms with Gasteiger partial charge in [-0.2, -0.15) is 0 Å². The molecule has 21 heavy (non-hydrogen) atoms. The molecular weight excluding hydrogens is 274 g/mol. The van der Waals surface area contributed by atoms with Gasteiger partial charge in [-0.15, -0.1) is 11.8 Å². The standard InChI is InChI=1S/C19H25NS/c1-3-5-6-14-21-18-11-9-17(10-12-18)19-13-8-16(7-4-2)15-20-19/h8-13,15H,3-7,14H2,1-2H3. The van der Waals surface area contributed by atoms with Gasteiger partial charge in [-0.25, -0.2) is 0 Å². The van der Waals surface area contributed by atoms with Crippen LogP contribution in [0.15, 0.2) is 47.5 Å². The first-order chi connectivity index (χ1) is 10.3. The molecule has 0 saturated heterocycles. The second-order valence-corrected chi connectivity index (χ2v) is 6.55. The van der Waals surface area contributed by atoms with E-state index in [4.69, 9.17) is 0 Å². The summed E-state index contributed by atoms with van der Waals surface area (Å²) in [6.45, 7) is 4.45. The topological polar surface area (TPSA) is 12.9 Å². The SMILES string of the molecule is CCCCCSc1ccc(-c2ccc(CCC)cn2)cc1. The third kappa shape index (κ3) is 5.20. The van der Waals surface area contributed by atoms with Gasteiger partial charge in [0.05, 0.1) is 5.69 Å². The fourth-order valence-electron chi connectivity index (χ4n) is 2.30. The molecular formula is C19H25NS. The Morgan fingerprint density at radius 3 is 2.33 bits per heavy atom. The zero-order valence-corrected chi connectivity index (χ0v) is 14.0. The molecule has 0 amide bonds. The number of aryl methyl sites for hydroxylation is 1. The number of rotatable bonds is 8. The molecule has 0 aliphatic rings. The molecule has 1 heterocycles. The highest BCUT2D eigenvalue weighted by Crippen LogP contribution is 2.24. The van der Waals surface area contributed by atoms with Crippen LogP contribution in [0.25, 0.3) is 11.3 Å². The van der Waals surface area contributed by atoms with Crippen molar-refractivity contribution >= 4 is 11.8 Å². The number of benzene rings is 1. The second kappa shape index (κ2) is 8.89. The molecule has 0 aliphatic heterocycles. The van der Waals surface area contributed by atoms with Crippen LogP contribution in [0, 0.1) is 0 Å². The number of aromatic nitrogens is 1. The third-order valence-electron chi connectivity index (χ3n) is 3.53. The highest BCUT2D eigenvalue weighted by Gasteiger charge is 2.01. The monoisotopic (exact) mass is 299 g/mol. The maximum atomic E-state index is 4.58. The van der Waals surface area contributed by atoms with Crippen LogP contribution in [-0.2, 0) is 6.42 Å². The molecule has 1 aromatic heterocycles. The van der Waals surface area contributed by atoms with Gasteiger partial charge < -0.3 is 0 Å². The Kier molecular flexibility index (Phi) is 6.81. The van der Waals surface area contributed by atoms with Gasteiger partial charge in [0.2, 0.25) is 0 Å². The Bertz CT molecular complexity index is 516. The van der Waals surface area contributed by atoms with Gasteiger partial charge in [0, 0.05) is 16.7 Å². The highest BCUT2D eigenvalue weighted by atomic mass is 32.2. The lowest BCUT2D eigenvalue weighted by atomic mass is 10.1. The summed E-state index contributed by atoms with van der Waals surface area (Å²) in [4.78, 5) is 5.94. The minimum atomic E-state index is 1.07. The molecule has 0 unspecified atom stereocenters. The summed E-state index contributed by atoms with van der Waals surface area (Å²) >= 11 is 1.95. The van der Waals surface area contributed by atoms with Crippen LogP contribution < -0.4 is 0 Å². The quantitative estimate of drug-likeness (QED) is 0.439. The van der Waals surface area contributed by atoms with E-state index in [1.807, 2.05) is 18.0 Å². The fourth-order valence-corrected chi connectivity index (χ4v) is 3.21. The first-order valence-electron chi connectivity index (χ1n) is 8.01. The largest absolute Gasteiger partial charge is 0.256 e. The van der Waals surface area contributed by atoms with E-state index >= 15 is 0 Å². The van der Waals surface area contributed by atoms with Crippen molar-refractivity contribution in [1.29, 1.82) is 0 Å². The first kappa shape index (κ1) is 16.1. The lowest BCUT2D eigenvalue weighted by Crippen LogP contribution is -1.88. The summed E-state index contributed by atoms with van der Waals surface area (Å²) in [6.07, 6.45) is 8.22. The van der Waals surface area contributed by atoms with Crippen LogP contribution in [0.4, 0.5) is 0 Å². The van der Waals surface area contributed by atoms with Gasteiger partial charge in [0.15, 0.2) is 0 Å². The summed E-state index contributed by atoms with van der Waals surface area (Å²) in [6, 6.07) is 13.1. The number of unbranched alkanes of at least 4 members (excludes halogenated alkanes) is 2. The van der Waals surface area contributed by atoms with Crippen molar-refractivity contribution in [1.82, 2.24) is 4.98 Å². The van der Waals surface area contributed by atoms with Gasteiger partial charge in [-0.1, -0.05) is 51.3 Å². The minimum Gasteiger partial charge on any atom is -0.256 e. The molecule has 0 N–H and O–H groups in total. The average molecular weight is 299 g/mol. The van der Waals surface area contributed by atoms with Crippen molar-refractivity contribution in [2.75, 3.05) is 5.75 Å². The number of hydrogen-bond donors (Lipinski definition) is 0. The zero-order valence-electron chi connectivity index (χ0n) is 13.1. The Labute approximate surface area is 133 Å². The predicted molar refractivity (Wildman–Crippen MR) is 93.9 cm³/mol. The normalized spacial score (nSPS) is 10.8. The molecule has 0 bridgehead atoms. The van der Waals surface area contributed by atoms with Crippen molar-refractivity contribution in [3.05, 3.63) is 48.2 Å². The summed E-state index contributed by atoms with van der Waals surface area (Å²) in [5.41, 5.74) is 3.60. The van der Waals surface area contributed by atoms with E-state index in [0.29, 0.717) is 0 Å². The lowest BCUT2D eigenvalue weighted by Gasteiger charge is -2.05. The Morgan fingerprint density at radius 1 is 0.905 bits per heavy atom. The molecule has 112 valence electrons. The maximum Gasteiger partial charge on any atom is 0.0702 e. The van der Waals surface area contributed by atoms with Gasteiger partial charge in [0.1, 0.15) is 0 Å². The molecule has 2 rings (SSSR count). The van der Waals surface area contributed by atoms with E-state index in [2.05, 4.69) is 55.2 Å². The van der Waals surface area contributed by atoms with Crippen LogP contribution in [0.1, 0.15) is 45.1 Å². The van der Waals surface area contributed by atoms with E-state index in [-0.39, 0.29) is 0 Å². The Balaban J connectivity index is 1.94. The van der Waals surface area contributed by atoms with E-state index < -0.39 is 0 Å². The molecule has 1 aromatic carbocycles. The number of pyridine rings is 1. The van der Waals surface area contributed by atoms with Crippen LogP contribution in [-0.4, -0.2) is 10.7 Å². The number of thioether (sulfide) groups is 1. The molecule has 0 aliphatic carbocycles. The summed E-state index contributed by atoms with van der Waals surface area (Å²) < 4.78 is 0. The third-order valence-corrected chi connectivity index (χ3v) is 4.63. The average Bonchev–Trinajstić information content (AvgIpc) is 2.53. The van der Waals surface area contributed by atoms with Crippen molar-refractivity contribution in [2.24, 2.45) is 0 Å². The molecule has 2 heteroatoms. The summed E-state index contributed by atoms with van der Waals surface area (Å²) in [5, 5.41) is 0. The van der Waals surface area contributed by atoms with Gasteiger partial charge >= 0.3 is 0 Å².